The Kier molecular flexibility index (Phi) is 6.70. The first kappa shape index (κ1) is 20.6. The number of ether oxygens (including phenoxy) is 1. The third-order valence-corrected chi connectivity index (χ3v) is 4.18. The number of hydrogen-bond acceptors (Lipinski definition) is 3. The number of alkyl halides is 3. The summed E-state index contributed by atoms with van der Waals surface area (Å²) in [5.41, 5.74) is 4.09. The molecule has 0 amide bonds. The summed E-state index contributed by atoms with van der Waals surface area (Å²) in [6.07, 6.45) is -4.04. The molecule has 6 nitrogen and oxygen atoms in total. The van der Waals surface area contributed by atoms with Gasteiger partial charge in [0.1, 0.15) is 5.75 Å². The molecule has 0 saturated carbocycles. The second-order valence-electron chi connectivity index (χ2n) is 6.07. The van der Waals surface area contributed by atoms with Gasteiger partial charge in [-0.3, -0.25) is 9.67 Å². The third kappa shape index (κ3) is 6.19. The van der Waals surface area contributed by atoms with Gasteiger partial charge in [0, 0.05) is 38.4 Å². The maximum absolute atomic E-state index is 12.2. The average Bonchev–Trinajstić information content (AvgIpc) is 2.83. The molecule has 0 spiro atoms. The van der Waals surface area contributed by atoms with Gasteiger partial charge in [-0.2, -0.15) is 5.10 Å². The van der Waals surface area contributed by atoms with Crippen LogP contribution in [0.15, 0.2) is 29.3 Å². The van der Waals surface area contributed by atoms with Crippen LogP contribution in [0, 0.1) is 13.8 Å². The molecule has 0 radical (unpaired) electrons. The van der Waals surface area contributed by atoms with Crippen molar-refractivity contribution in [2.45, 2.75) is 33.2 Å². The van der Waals surface area contributed by atoms with Crippen molar-refractivity contribution in [2.24, 2.45) is 12.0 Å². The lowest BCUT2D eigenvalue weighted by atomic mass is 10.1. The molecule has 0 aliphatic carbocycles. The van der Waals surface area contributed by atoms with Crippen LogP contribution in [-0.4, -0.2) is 35.7 Å². The van der Waals surface area contributed by atoms with Crippen molar-refractivity contribution in [2.75, 3.05) is 13.6 Å². The summed E-state index contributed by atoms with van der Waals surface area (Å²) >= 11 is 0. The Morgan fingerprint density at radius 3 is 2.37 bits per heavy atom. The molecule has 0 atom stereocenters. The Bertz CT molecular complexity index is 782. The second-order valence-corrected chi connectivity index (χ2v) is 6.07. The van der Waals surface area contributed by atoms with Gasteiger partial charge >= 0.3 is 6.36 Å². The topological polar surface area (TPSA) is 63.5 Å². The molecule has 0 saturated heterocycles. The maximum Gasteiger partial charge on any atom is 0.573 e. The summed E-state index contributed by atoms with van der Waals surface area (Å²) in [7, 11) is 3.59. The van der Waals surface area contributed by atoms with E-state index in [1.54, 1.807) is 19.2 Å². The number of aliphatic imine (C=N–C) groups is 1. The van der Waals surface area contributed by atoms with Crippen LogP contribution in [0.5, 0.6) is 5.75 Å². The van der Waals surface area contributed by atoms with Crippen molar-refractivity contribution in [1.29, 1.82) is 0 Å². The standard InChI is InChI=1S/C18H24F3N5O/c1-12-16(13(2)26(4)25-12)11-24-17(22-3)23-10-9-14-5-7-15(8-6-14)27-18(19,20)21/h5-8H,9-11H2,1-4H3,(H2,22,23,24). The lowest BCUT2D eigenvalue weighted by molar-refractivity contribution is -0.274. The molecule has 1 heterocycles. The number of guanidine groups is 1. The Morgan fingerprint density at radius 2 is 1.85 bits per heavy atom. The summed E-state index contributed by atoms with van der Waals surface area (Å²) < 4.78 is 42.2. The normalized spacial score (nSPS) is 12.2. The fourth-order valence-electron chi connectivity index (χ4n) is 2.65. The monoisotopic (exact) mass is 383 g/mol. The van der Waals surface area contributed by atoms with Gasteiger partial charge in [-0.25, -0.2) is 0 Å². The van der Waals surface area contributed by atoms with E-state index in [9.17, 15) is 13.2 Å². The molecule has 0 aliphatic rings. The van der Waals surface area contributed by atoms with Gasteiger partial charge in [0.15, 0.2) is 5.96 Å². The molecule has 9 heteroatoms. The first-order chi connectivity index (χ1) is 12.7. The fraction of sp³-hybridized carbons (Fsp3) is 0.444. The van der Waals surface area contributed by atoms with E-state index in [4.69, 9.17) is 0 Å². The van der Waals surface area contributed by atoms with Gasteiger partial charge < -0.3 is 15.4 Å². The SMILES string of the molecule is CN=C(NCCc1ccc(OC(F)(F)F)cc1)NCc1c(C)nn(C)c1C. The summed E-state index contributed by atoms with van der Waals surface area (Å²) in [4.78, 5) is 4.18. The molecule has 1 aromatic heterocycles. The molecule has 0 unspecified atom stereocenters. The molecular formula is C18H24F3N5O. The molecule has 2 rings (SSSR count). The van der Waals surface area contributed by atoms with Crippen molar-refractivity contribution in [3.05, 3.63) is 46.8 Å². The van der Waals surface area contributed by atoms with Crippen molar-refractivity contribution >= 4 is 5.96 Å². The number of rotatable bonds is 6. The molecule has 0 aliphatic heterocycles. The van der Waals surface area contributed by atoms with Crippen LogP contribution in [0.2, 0.25) is 0 Å². The molecule has 1 aromatic carbocycles. The molecule has 0 bridgehead atoms. The first-order valence-corrected chi connectivity index (χ1v) is 8.48. The van der Waals surface area contributed by atoms with Crippen molar-refractivity contribution in [3.8, 4) is 5.75 Å². The zero-order valence-electron chi connectivity index (χ0n) is 15.8. The summed E-state index contributed by atoms with van der Waals surface area (Å²) in [5.74, 6) is 0.425. The van der Waals surface area contributed by atoms with Crippen LogP contribution in [0.25, 0.3) is 0 Å². The minimum absolute atomic E-state index is 0.223. The highest BCUT2D eigenvalue weighted by molar-refractivity contribution is 5.79. The van der Waals surface area contributed by atoms with E-state index in [2.05, 4.69) is 25.5 Å². The predicted molar refractivity (Wildman–Crippen MR) is 97.7 cm³/mol. The van der Waals surface area contributed by atoms with Gasteiger partial charge in [0.25, 0.3) is 0 Å². The summed E-state index contributed by atoms with van der Waals surface area (Å²) in [5, 5.41) is 10.8. The number of aromatic nitrogens is 2. The molecule has 0 fully saturated rings. The number of benzene rings is 1. The minimum Gasteiger partial charge on any atom is -0.406 e. The Hall–Kier alpha value is -2.71. The van der Waals surface area contributed by atoms with E-state index >= 15 is 0 Å². The van der Waals surface area contributed by atoms with Crippen molar-refractivity contribution in [1.82, 2.24) is 20.4 Å². The van der Waals surface area contributed by atoms with Crippen LogP contribution < -0.4 is 15.4 Å². The van der Waals surface area contributed by atoms with Gasteiger partial charge in [-0.1, -0.05) is 12.1 Å². The lowest BCUT2D eigenvalue weighted by Crippen LogP contribution is -2.38. The van der Waals surface area contributed by atoms with E-state index < -0.39 is 6.36 Å². The van der Waals surface area contributed by atoms with E-state index in [1.807, 2.05) is 25.6 Å². The predicted octanol–water partition coefficient (Wildman–Crippen LogP) is 2.84. The lowest BCUT2D eigenvalue weighted by Gasteiger charge is -2.13. The van der Waals surface area contributed by atoms with Crippen LogP contribution in [0.3, 0.4) is 0 Å². The highest BCUT2D eigenvalue weighted by Gasteiger charge is 2.30. The molecular weight excluding hydrogens is 359 g/mol. The molecule has 2 aromatic rings. The smallest absolute Gasteiger partial charge is 0.406 e. The molecule has 148 valence electrons. The first-order valence-electron chi connectivity index (χ1n) is 8.48. The fourth-order valence-corrected chi connectivity index (χ4v) is 2.65. The zero-order valence-corrected chi connectivity index (χ0v) is 15.8. The Balaban J connectivity index is 1.81. The molecule has 27 heavy (non-hydrogen) atoms. The number of hydrogen-bond donors (Lipinski definition) is 2. The van der Waals surface area contributed by atoms with Gasteiger partial charge in [-0.05, 0) is 38.0 Å². The number of nitrogens with zero attached hydrogens (tertiary/aromatic N) is 3. The highest BCUT2D eigenvalue weighted by atomic mass is 19.4. The van der Waals surface area contributed by atoms with E-state index in [-0.39, 0.29) is 5.75 Å². The van der Waals surface area contributed by atoms with E-state index in [0.29, 0.717) is 25.5 Å². The van der Waals surface area contributed by atoms with Crippen LogP contribution in [-0.2, 0) is 20.0 Å². The van der Waals surface area contributed by atoms with Gasteiger partial charge in [0.2, 0.25) is 0 Å². The minimum atomic E-state index is -4.67. The second kappa shape index (κ2) is 8.79. The zero-order chi connectivity index (χ0) is 20.0. The Labute approximate surface area is 156 Å². The van der Waals surface area contributed by atoms with E-state index in [0.717, 1.165) is 22.5 Å². The highest BCUT2D eigenvalue weighted by Crippen LogP contribution is 2.22. The summed E-state index contributed by atoms with van der Waals surface area (Å²) in [6.45, 7) is 5.17. The Morgan fingerprint density at radius 1 is 1.19 bits per heavy atom. The average molecular weight is 383 g/mol. The third-order valence-electron chi connectivity index (χ3n) is 4.18. The van der Waals surface area contributed by atoms with Gasteiger partial charge in [0.05, 0.1) is 5.69 Å². The maximum atomic E-state index is 12.2. The molecule has 2 N–H and O–H groups in total. The quantitative estimate of drug-likeness (QED) is 0.595. The largest absolute Gasteiger partial charge is 0.573 e. The van der Waals surface area contributed by atoms with Crippen LogP contribution >= 0.6 is 0 Å². The van der Waals surface area contributed by atoms with Gasteiger partial charge in [-0.15, -0.1) is 13.2 Å². The summed E-state index contributed by atoms with van der Waals surface area (Å²) in [6, 6.07) is 5.84. The number of aryl methyl sites for hydroxylation is 2. The van der Waals surface area contributed by atoms with Crippen molar-refractivity contribution in [3.63, 3.8) is 0 Å². The number of nitrogens with one attached hydrogen (secondary N) is 2. The number of halogens is 3. The van der Waals surface area contributed by atoms with Crippen LogP contribution in [0.1, 0.15) is 22.5 Å². The van der Waals surface area contributed by atoms with E-state index in [1.165, 1.54) is 12.1 Å². The van der Waals surface area contributed by atoms with Crippen molar-refractivity contribution < 1.29 is 17.9 Å². The van der Waals surface area contributed by atoms with Crippen LogP contribution in [0.4, 0.5) is 13.2 Å².